The van der Waals surface area contributed by atoms with Gasteiger partial charge in [0, 0.05) is 22.4 Å². The highest BCUT2D eigenvalue weighted by Gasteiger charge is 2.27. The van der Waals surface area contributed by atoms with E-state index >= 15 is 0 Å². The summed E-state index contributed by atoms with van der Waals surface area (Å²) in [5, 5.41) is 12.1. The molecule has 0 amide bonds. The van der Waals surface area contributed by atoms with Crippen LogP contribution in [0.3, 0.4) is 0 Å². The molecular formula is C25H39N3OS2. The number of unbranched alkanes of at least 4 members (excludes halogenated alkanes) is 5. The van der Waals surface area contributed by atoms with Crippen molar-refractivity contribution in [3.8, 4) is 17.1 Å². The van der Waals surface area contributed by atoms with Crippen LogP contribution < -0.4 is 0 Å². The average Bonchev–Trinajstić information content (AvgIpc) is 2.65. The van der Waals surface area contributed by atoms with Crippen molar-refractivity contribution in [1.29, 1.82) is 0 Å². The zero-order chi connectivity index (χ0) is 23.2. The Labute approximate surface area is 198 Å². The van der Waals surface area contributed by atoms with Gasteiger partial charge in [0.15, 0.2) is 16.1 Å². The molecule has 2 rings (SSSR count). The minimum Gasteiger partial charge on any atom is -0.507 e. The molecule has 6 heteroatoms. The number of hydrogen-bond donors (Lipinski definition) is 2. The predicted octanol–water partition coefficient (Wildman–Crippen LogP) is 7.58. The summed E-state index contributed by atoms with van der Waals surface area (Å²) in [7, 11) is 0. The highest BCUT2D eigenvalue weighted by molar-refractivity contribution is 7.99. The molecule has 0 unspecified atom stereocenters. The Morgan fingerprint density at radius 2 is 1.39 bits per heavy atom. The molecule has 172 valence electrons. The monoisotopic (exact) mass is 461 g/mol. The second kappa shape index (κ2) is 11.0. The predicted molar refractivity (Wildman–Crippen MR) is 136 cm³/mol. The van der Waals surface area contributed by atoms with Gasteiger partial charge in [-0.25, -0.2) is 9.97 Å². The third kappa shape index (κ3) is 7.67. The number of aromatic nitrogens is 3. The van der Waals surface area contributed by atoms with Gasteiger partial charge in [-0.1, -0.05) is 92.3 Å². The van der Waals surface area contributed by atoms with Crippen molar-refractivity contribution >= 4 is 24.4 Å². The average molecular weight is 462 g/mol. The Morgan fingerprint density at radius 1 is 0.839 bits per heavy atom. The Bertz CT molecular complexity index is 835. The van der Waals surface area contributed by atoms with Crippen molar-refractivity contribution < 1.29 is 5.11 Å². The fourth-order valence-electron chi connectivity index (χ4n) is 3.49. The molecule has 0 fully saturated rings. The quantitative estimate of drug-likeness (QED) is 0.229. The Hall–Kier alpha value is -1.27. The van der Waals surface area contributed by atoms with Crippen LogP contribution in [0.4, 0.5) is 0 Å². The third-order valence-corrected chi connectivity index (χ3v) is 6.45. The van der Waals surface area contributed by atoms with Gasteiger partial charge >= 0.3 is 0 Å². The number of rotatable bonds is 9. The number of aromatic hydroxyl groups is 1. The topological polar surface area (TPSA) is 58.9 Å². The fraction of sp³-hybridized carbons (Fsp3) is 0.640. The van der Waals surface area contributed by atoms with Crippen LogP contribution in [0.25, 0.3) is 11.4 Å². The van der Waals surface area contributed by atoms with Crippen LogP contribution in [0, 0.1) is 0 Å². The second-order valence-corrected chi connectivity index (χ2v) is 11.7. The molecular weight excluding hydrogens is 422 g/mol. The zero-order valence-electron chi connectivity index (χ0n) is 20.2. The van der Waals surface area contributed by atoms with E-state index in [0.717, 1.165) is 22.4 Å². The van der Waals surface area contributed by atoms with E-state index in [4.69, 9.17) is 4.98 Å². The maximum absolute atomic E-state index is 11.0. The molecule has 0 spiro atoms. The lowest BCUT2D eigenvalue weighted by Crippen LogP contribution is -2.17. The summed E-state index contributed by atoms with van der Waals surface area (Å²) in [4.78, 5) is 13.7. The van der Waals surface area contributed by atoms with Crippen LogP contribution in [-0.2, 0) is 10.8 Å². The van der Waals surface area contributed by atoms with Crippen LogP contribution in [0.5, 0.6) is 5.75 Å². The van der Waals surface area contributed by atoms with Gasteiger partial charge in [0.25, 0.3) is 0 Å². The van der Waals surface area contributed by atoms with E-state index in [9.17, 15) is 5.11 Å². The molecule has 0 aliphatic carbocycles. The number of phenolic OH excluding ortho intramolecular Hbond substituents is 1. The van der Waals surface area contributed by atoms with Gasteiger partial charge in [-0.3, -0.25) is 0 Å². The van der Waals surface area contributed by atoms with Gasteiger partial charge in [-0.15, -0.1) is 12.6 Å². The normalized spacial score (nSPS) is 12.4. The molecule has 1 aromatic heterocycles. The SMILES string of the molecule is CCCCCCCCSc1nc(S)nc(-c2cc(C(C)(C)C)c(O)c(C(C)(C)C)c2)n1. The van der Waals surface area contributed by atoms with Gasteiger partial charge in [-0.2, -0.15) is 4.98 Å². The van der Waals surface area contributed by atoms with Crippen LogP contribution in [0.1, 0.15) is 98.1 Å². The van der Waals surface area contributed by atoms with E-state index in [0.29, 0.717) is 21.9 Å². The molecule has 1 heterocycles. The summed E-state index contributed by atoms with van der Waals surface area (Å²) in [5.41, 5.74) is 2.29. The minimum atomic E-state index is -0.202. The standard InChI is InChI=1S/C25H39N3OS2/c1-8-9-10-11-12-13-14-31-23-27-21(26-22(30)28-23)17-15-18(24(2,3)4)20(29)19(16-17)25(5,6)7/h15-16,29H,8-14H2,1-7H3,(H,26,27,28,30). The van der Waals surface area contributed by atoms with E-state index in [1.165, 1.54) is 38.5 Å². The number of benzene rings is 1. The van der Waals surface area contributed by atoms with Gasteiger partial charge < -0.3 is 5.11 Å². The number of phenols is 1. The largest absolute Gasteiger partial charge is 0.507 e. The molecule has 0 aliphatic heterocycles. The van der Waals surface area contributed by atoms with E-state index in [1.807, 2.05) is 12.1 Å². The minimum absolute atomic E-state index is 0.202. The Morgan fingerprint density at radius 3 is 1.94 bits per heavy atom. The van der Waals surface area contributed by atoms with Gasteiger partial charge in [0.1, 0.15) is 5.75 Å². The number of thioether (sulfide) groups is 1. The molecule has 4 nitrogen and oxygen atoms in total. The first kappa shape index (κ1) is 26.0. The van der Waals surface area contributed by atoms with Crippen LogP contribution in [-0.4, -0.2) is 25.8 Å². The molecule has 1 N–H and O–H groups in total. The molecule has 0 saturated carbocycles. The van der Waals surface area contributed by atoms with Gasteiger partial charge in [-0.05, 0) is 29.4 Å². The van der Waals surface area contributed by atoms with Crippen LogP contribution in [0.2, 0.25) is 0 Å². The lowest BCUT2D eigenvalue weighted by molar-refractivity contribution is 0.423. The van der Waals surface area contributed by atoms with Crippen molar-refractivity contribution in [1.82, 2.24) is 15.0 Å². The highest BCUT2D eigenvalue weighted by atomic mass is 32.2. The van der Waals surface area contributed by atoms with E-state index in [1.54, 1.807) is 11.8 Å². The summed E-state index contributed by atoms with van der Waals surface area (Å²) < 4.78 is 0. The van der Waals surface area contributed by atoms with Crippen LogP contribution in [0.15, 0.2) is 22.4 Å². The van der Waals surface area contributed by atoms with Gasteiger partial charge in [0.2, 0.25) is 0 Å². The molecule has 0 aliphatic rings. The summed E-state index contributed by atoms with van der Waals surface area (Å²) in [6, 6.07) is 4.02. The molecule has 1 aromatic carbocycles. The van der Waals surface area contributed by atoms with Crippen molar-refractivity contribution in [2.24, 2.45) is 0 Å². The summed E-state index contributed by atoms with van der Waals surface area (Å²) in [6.45, 7) is 14.9. The number of thiol groups is 1. The lowest BCUT2D eigenvalue weighted by atomic mass is 9.78. The number of hydrogen-bond acceptors (Lipinski definition) is 6. The Kier molecular flexibility index (Phi) is 9.26. The Balaban J connectivity index is 2.30. The van der Waals surface area contributed by atoms with Crippen molar-refractivity contribution in [2.45, 2.75) is 108 Å². The molecule has 0 saturated heterocycles. The molecule has 0 radical (unpaired) electrons. The van der Waals surface area contributed by atoms with Crippen LogP contribution >= 0.6 is 24.4 Å². The first-order valence-electron chi connectivity index (χ1n) is 11.4. The fourth-order valence-corrected chi connectivity index (χ4v) is 4.58. The smallest absolute Gasteiger partial charge is 0.192 e. The molecule has 0 atom stereocenters. The van der Waals surface area contributed by atoms with Crippen molar-refractivity contribution in [3.63, 3.8) is 0 Å². The van der Waals surface area contributed by atoms with Crippen molar-refractivity contribution in [2.75, 3.05) is 5.75 Å². The second-order valence-electron chi connectivity index (χ2n) is 10.3. The van der Waals surface area contributed by atoms with E-state index < -0.39 is 0 Å². The number of nitrogens with zero attached hydrogens (tertiary/aromatic N) is 3. The lowest BCUT2D eigenvalue weighted by Gasteiger charge is -2.28. The first-order chi connectivity index (χ1) is 14.4. The van der Waals surface area contributed by atoms with E-state index in [2.05, 4.69) is 71.1 Å². The summed E-state index contributed by atoms with van der Waals surface area (Å²) in [5.74, 6) is 1.97. The van der Waals surface area contributed by atoms with E-state index in [-0.39, 0.29) is 10.8 Å². The molecule has 2 aromatic rings. The van der Waals surface area contributed by atoms with Crippen molar-refractivity contribution in [3.05, 3.63) is 23.3 Å². The molecule has 0 bridgehead atoms. The first-order valence-corrected chi connectivity index (χ1v) is 12.8. The summed E-state index contributed by atoms with van der Waals surface area (Å²) >= 11 is 6.11. The zero-order valence-corrected chi connectivity index (χ0v) is 22.0. The molecule has 31 heavy (non-hydrogen) atoms. The van der Waals surface area contributed by atoms with Gasteiger partial charge in [0.05, 0.1) is 0 Å². The maximum atomic E-state index is 11.0. The third-order valence-electron chi connectivity index (χ3n) is 5.32. The maximum Gasteiger partial charge on any atom is 0.192 e. The highest BCUT2D eigenvalue weighted by Crippen LogP contribution is 2.41. The summed E-state index contributed by atoms with van der Waals surface area (Å²) in [6.07, 6.45) is 7.64.